The number of nitrogens with zero attached hydrogens (tertiary/aromatic N) is 2. The first kappa shape index (κ1) is 9.98. The molecule has 0 spiro atoms. The highest BCUT2D eigenvalue weighted by atomic mass is 32.1. The molecule has 0 radical (unpaired) electrons. The molecule has 0 aliphatic rings. The van der Waals surface area contributed by atoms with Crippen molar-refractivity contribution in [3.63, 3.8) is 0 Å². The first-order valence-electron chi connectivity index (χ1n) is 4.55. The van der Waals surface area contributed by atoms with Crippen LogP contribution in [-0.4, -0.2) is 9.97 Å². The number of anilines is 1. The maximum atomic E-state index is 5.68. The normalized spacial score (nSPS) is 10.3. The maximum Gasteiger partial charge on any atom is 0.159 e. The maximum absolute atomic E-state index is 5.68. The van der Waals surface area contributed by atoms with Crippen LogP contribution < -0.4 is 5.73 Å². The van der Waals surface area contributed by atoms with Crippen molar-refractivity contribution >= 4 is 18.3 Å². The Labute approximate surface area is 93.8 Å². The van der Waals surface area contributed by atoms with Gasteiger partial charge in [0.1, 0.15) is 0 Å². The average Bonchev–Trinajstić information content (AvgIpc) is 2.22. The fourth-order valence-electron chi connectivity index (χ4n) is 1.27. The van der Waals surface area contributed by atoms with E-state index in [2.05, 4.69) is 22.6 Å². The first-order valence-corrected chi connectivity index (χ1v) is 5.00. The minimum atomic E-state index is 0.662. The summed E-state index contributed by atoms with van der Waals surface area (Å²) in [5.41, 5.74) is 8.21. The molecule has 0 bridgehead atoms. The molecule has 2 aromatic rings. The second kappa shape index (κ2) is 3.90. The fraction of sp³-hybridized carbons (Fsp3) is 0.0909. The Kier molecular flexibility index (Phi) is 2.60. The van der Waals surface area contributed by atoms with Gasteiger partial charge < -0.3 is 5.73 Å². The molecule has 76 valence electrons. The van der Waals surface area contributed by atoms with Crippen molar-refractivity contribution in [1.82, 2.24) is 9.97 Å². The van der Waals surface area contributed by atoms with Gasteiger partial charge in [0.2, 0.25) is 0 Å². The third kappa shape index (κ3) is 2.10. The molecule has 1 aromatic carbocycles. The summed E-state index contributed by atoms with van der Waals surface area (Å²) in [6.07, 6.45) is 1.74. The smallest absolute Gasteiger partial charge is 0.159 e. The van der Waals surface area contributed by atoms with E-state index in [4.69, 9.17) is 5.73 Å². The lowest BCUT2D eigenvalue weighted by Gasteiger charge is -2.03. The van der Waals surface area contributed by atoms with Gasteiger partial charge in [0.05, 0.1) is 0 Å². The van der Waals surface area contributed by atoms with Crippen molar-refractivity contribution in [1.29, 1.82) is 0 Å². The second-order valence-electron chi connectivity index (χ2n) is 3.30. The van der Waals surface area contributed by atoms with E-state index in [1.165, 1.54) is 0 Å². The highest BCUT2D eigenvalue weighted by molar-refractivity contribution is 7.80. The van der Waals surface area contributed by atoms with Gasteiger partial charge >= 0.3 is 0 Å². The molecule has 0 saturated carbocycles. The topological polar surface area (TPSA) is 51.8 Å². The number of thiol groups is 1. The Morgan fingerprint density at radius 1 is 1.27 bits per heavy atom. The van der Waals surface area contributed by atoms with Gasteiger partial charge in [0.25, 0.3) is 0 Å². The van der Waals surface area contributed by atoms with E-state index in [-0.39, 0.29) is 0 Å². The van der Waals surface area contributed by atoms with E-state index in [1.54, 1.807) is 6.20 Å². The van der Waals surface area contributed by atoms with Crippen molar-refractivity contribution in [3.8, 4) is 11.4 Å². The van der Waals surface area contributed by atoms with Gasteiger partial charge in [-0.1, -0.05) is 0 Å². The molecule has 1 aromatic heterocycles. The zero-order valence-corrected chi connectivity index (χ0v) is 9.20. The molecule has 0 amide bonds. The van der Waals surface area contributed by atoms with Crippen LogP contribution in [0.25, 0.3) is 11.4 Å². The van der Waals surface area contributed by atoms with Gasteiger partial charge in [-0.3, -0.25) is 0 Å². The van der Waals surface area contributed by atoms with Crippen LogP contribution in [0.3, 0.4) is 0 Å². The predicted octanol–water partition coefficient (Wildman–Crippen LogP) is 2.32. The monoisotopic (exact) mass is 217 g/mol. The molecule has 0 saturated heterocycles. The van der Waals surface area contributed by atoms with Gasteiger partial charge in [0.15, 0.2) is 5.82 Å². The standard InChI is InChI=1S/C11H11N3S/c1-7-4-5-13-11(14-7)8-2-3-9(12)10(15)6-8/h2-6,15H,12H2,1H3. The SMILES string of the molecule is Cc1ccnc(-c2ccc(N)c(S)c2)n1. The molecule has 4 heteroatoms. The third-order valence-corrected chi connectivity index (χ3v) is 2.47. The summed E-state index contributed by atoms with van der Waals surface area (Å²) in [4.78, 5) is 9.27. The zero-order valence-electron chi connectivity index (χ0n) is 8.31. The molecule has 3 nitrogen and oxygen atoms in total. The lowest BCUT2D eigenvalue weighted by atomic mass is 10.2. The van der Waals surface area contributed by atoms with Gasteiger partial charge in [-0.05, 0) is 31.2 Å². The Balaban J connectivity index is 2.50. The number of nitrogens with two attached hydrogens (primary N) is 1. The number of aromatic nitrogens is 2. The average molecular weight is 217 g/mol. The quantitative estimate of drug-likeness (QED) is 0.569. The van der Waals surface area contributed by atoms with E-state index < -0.39 is 0 Å². The zero-order chi connectivity index (χ0) is 10.8. The largest absolute Gasteiger partial charge is 0.398 e. The summed E-state index contributed by atoms with van der Waals surface area (Å²) in [5, 5.41) is 0. The summed E-state index contributed by atoms with van der Waals surface area (Å²) in [6, 6.07) is 7.43. The molecular weight excluding hydrogens is 206 g/mol. The summed E-state index contributed by atoms with van der Waals surface area (Å²) >= 11 is 4.26. The van der Waals surface area contributed by atoms with Crippen LogP contribution in [0.5, 0.6) is 0 Å². The number of hydrogen-bond donors (Lipinski definition) is 2. The summed E-state index contributed by atoms with van der Waals surface area (Å²) < 4.78 is 0. The lowest BCUT2D eigenvalue weighted by molar-refractivity contribution is 1.11. The minimum absolute atomic E-state index is 0.662. The molecular formula is C11H11N3S. The van der Waals surface area contributed by atoms with Crippen LogP contribution in [0.2, 0.25) is 0 Å². The molecule has 0 aliphatic carbocycles. The van der Waals surface area contributed by atoms with Gasteiger partial charge in [-0.2, -0.15) is 0 Å². The highest BCUT2D eigenvalue weighted by Crippen LogP contribution is 2.23. The van der Waals surface area contributed by atoms with E-state index in [0.717, 1.165) is 16.2 Å². The predicted molar refractivity (Wildman–Crippen MR) is 63.9 cm³/mol. The van der Waals surface area contributed by atoms with Crippen LogP contribution in [0, 0.1) is 6.92 Å². The van der Waals surface area contributed by atoms with E-state index in [0.29, 0.717) is 11.5 Å². The molecule has 0 aliphatic heterocycles. The Morgan fingerprint density at radius 2 is 2.07 bits per heavy atom. The molecule has 0 unspecified atom stereocenters. The lowest BCUT2D eigenvalue weighted by Crippen LogP contribution is -1.92. The van der Waals surface area contributed by atoms with Crippen LogP contribution >= 0.6 is 12.6 Å². The molecule has 2 N–H and O–H groups in total. The molecule has 0 atom stereocenters. The van der Waals surface area contributed by atoms with Gasteiger partial charge in [-0.15, -0.1) is 12.6 Å². The van der Waals surface area contributed by atoms with Crippen molar-refractivity contribution in [2.24, 2.45) is 0 Å². The Hall–Kier alpha value is -1.55. The number of nitrogen functional groups attached to an aromatic ring is 1. The van der Waals surface area contributed by atoms with Crippen molar-refractivity contribution < 1.29 is 0 Å². The summed E-state index contributed by atoms with van der Waals surface area (Å²) in [7, 11) is 0. The first-order chi connectivity index (χ1) is 7.16. The number of benzene rings is 1. The van der Waals surface area contributed by atoms with Crippen molar-refractivity contribution in [2.75, 3.05) is 5.73 Å². The van der Waals surface area contributed by atoms with Crippen LogP contribution in [0.1, 0.15) is 5.69 Å². The Morgan fingerprint density at radius 3 is 2.73 bits per heavy atom. The summed E-state index contributed by atoms with van der Waals surface area (Å²) in [6.45, 7) is 1.93. The molecule has 0 fully saturated rings. The number of aryl methyl sites for hydroxylation is 1. The van der Waals surface area contributed by atoms with Gasteiger partial charge in [-0.25, -0.2) is 9.97 Å². The molecule has 1 heterocycles. The number of rotatable bonds is 1. The molecule has 2 rings (SSSR count). The van der Waals surface area contributed by atoms with Crippen LogP contribution in [0.15, 0.2) is 35.4 Å². The summed E-state index contributed by atoms with van der Waals surface area (Å²) in [5.74, 6) is 0.699. The fourth-order valence-corrected chi connectivity index (χ4v) is 1.48. The highest BCUT2D eigenvalue weighted by Gasteiger charge is 2.03. The van der Waals surface area contributed by atoms with Crippen molar-refractivity contribution in [3.05, 3.63) is 36.2 Å². The number of hydrogen-bond acceptors (Lipinski definition) is 4. The van der Waals surface area contributed by atoms with E-state index >= 15 is 0 Å². The van der Waals surface area contributed by atoms with Gasteiger partial charge in [0, 0.05) is 28.0 Å². The minimum Gasteiger partial charge on any atom is -0.398 e. The van der Waals surface area contributed by atoms with E-state index in [1.807, 2.05) is 31.2 Å². The third-order valence-electron chi connectivity index (χ3n) is 2.08. The molecule has 15 heavy (non-hydrogen) atoms. The Bertz CT molecular complexity index is 497. The second-order valence-corrected chi connectivity index (χ2v) is 3.78. The van der Waals surface area contributed by atoms with E-state index in [9.17, 15) is 0 Å². The van der Waals surface area contributed by atoms with Crippen LogP contribution in [-0.2, 0) is 0 Å². The van der Waals surface area contributed by atoms with Crippen LogP contribution in [0.4, 0.5) is 5.69 Å². The van der Waals surface area contributed by atoms with Crippen molar-refractivity contribution in [2.45, 2.75) is 11.8 Å².